The molecular weight excluding hydrogens is 415 g/mol. The normalized spacial score (nSPS) is 11.1. The summed E-state index contributed by atoms with van der Waals surface area (Å²) in [4.78, 5) is 14.1. The van der Waals surface area contributed by atoms with Crippen LogP contribution in [0.25, 0.3) is 11.3 Å². The Balaban J connectivity index is 1.31. The predicted octanol–water partition coefficient (Wildman–Crippen LogP) is 4.93. The van der Waals surface area contributed by atoms with Crippen molar-refractivity contribution in [1.82, 2.24) is 20.3 Å². The van der Waals surface area contributed by atoms with Gasteiger partial charge in [0.1, 0.15) is 11.6 Å². The van der Waals surface area contributed by atoms with E-state index in [0.29, 0.717) is 5.75 Å². The number of halogens is 1. The van der Waals surface area contributed by atoms with Gasteiger partial charge in [0.2, 0.25) is 5.91 Å². The third-order valence-corrected chi connectivity index (χ3v) is 6.21. The number of carbonyl (C=O) groups excluding carboxylic acids is 1. The summed E-state index contributed by atoms with van der Waals surface area (Å²) in [6.07, 6.45) is 3.88. The topological polar surface area (TPSA) is 75.0 Å². The van der Waals surface area contributed by atoms with Crippen molar-refractivity contribution in [1.29, 1.82) is 0 Å². The molecule has 31 heavy (non-hydrogen) atoms. The monoisotopic (exact) mass is 444 g/mol. The van der Waals surface area contributed by atoms with Crippen LogP contribution in [-0.4, -0.2) is 45.5 Å². The summed E-state index contributed by atoms with van der Waals surface area (Å²) in [5.74, 6) is 1.90. The molecule has 0 fully saturated rings. The van der Waals surface area contributed by atoms with Crippen molar-refractivity contribution in [2.24, 2.45) is 0 Å². The van der Waals surface area contributed by atoms with Crippen LogP contribution >= 0.6 is 11.8 Å². The van der Waals surface area contributed by atoms with Gasteiger partial charge in [-0.15, -0.1) is 11.8 Å². The molecule has 0 spiro atoms. The van der Waals surface area contributed by atoms with Crippen molar-refractivity contribution in [3.05, 3.63) is 58.9 Å². The van der Waals surface area contributed by atoms with E-state index in [2.05, 4.69) is 15.4 Å². The van der Waals surface area contributed by atoms with E-state index in [4.69, 9.17) is 4.52 Å². The molecular formula is C23H29FN4O2S. The molecule has 0 saturated heterocycles. The molecule has 0 bridgehead atoms. The number of H-pyrrole nitrogens is 1. The van der Waals surface area contributed by atoms with Gasteiger partial charge < -0.3 is 9.42 Å². The number of aromatic amines is 1. The van der Waals surface area contributed by atoms with Gasteiger partial charge >= 0.3 is 0 Å². The smallest absolute Gasteiger partial charge is 0.232 e. The largest absolute Gasteiger partial charge is 0.361 e. The zero-order chi connectivity index (χ0) is 22.2. The number of hydrogen-bond donors (Lipinski definition) is 1. The van der Waals surface area contributed by atoms with Crippen molar-refractivity contribution < 1.29 is 13.7 Å². The van der Waals surface area contributed by atoms with E-state index in [9.17, 15) is 9.18 Å². The molecule has 0 atom stereocenters. The number of rotatable bonds is 11. The minimum absolute atomic E-state index is 0.144. The molecule has 2 heterocycles. The summed E-state index contributed by atoms with van der Waals surface area (Å²) in [7, 11) is 1.86. The molecule has 0 aliphatic rings. The molecule has 0 unspecified atom stereocenters. The molecule has 1 N–H and O–H groups in total. The fraction of sp³-hybridized carbons (Fsp3) is 0.435. The number of unbranched alkanes of at least 4 members (excludes halogenated alkanes) is 2. The highest BCUT2D eigenvalue weighted by molar-refractivity contribution is 7.99. The molecule has 1 aromatic carbocycles. The Morgan fingerprint density at radius 1 is 1.23 bits per heavy atom. The highest BCUT2D eigenvalue weighted by Gasteiger charge is 2.12. The third-order valence-electron chi connectivity index (χ3n) is 5.27. The van der Waals surface area contributed by atoms with Gasteiger partial charge in [0, 0.05) is 36.2 Å². The number of nitrogens with one attached hydrogen (secondary N) is 1. The number of nitrogens with zero attached hydrogens (tertiary/aromatic N) is 3. The van der Waals surface area contributed by atoms with E-state index in [-0.39, 0.29) is 11.7 Å². The molecule has 0 aliphatic heterocycles. The van der Waals surface area contributed by atoms with Crippen molar-refractivity contribution in [2.45, 2.75) is 45.3 Å². The Hall–Kier alpha value is -2.61. The summed E-state index contributed by atoms with van der Waals surface area (Å²) < 4.78 is 18.5. The lowest BCUT2D eigenvalue weighted by atomic mass is 10.1. The van der Waals surface area contributed by atoms with Gasteiger partial charge in [-0.3, -0.25) is 9.89 Å². The maximum absolute atomic E-state index is 13.4. The Kier molecular flexibility index (Phi) is 8.28. The molecule has 6 nitrogen and oxygen atoms in total. The molecule has 166 valence electrons. The van der Waals surface area contributed by atoms with Crippen LogP contribution in [0.3, 0.4) is 0 Å². The van der Waals surface area contributed by atoms with Crippen LogP contribution in [-0.2, 0) is 17.0 Å². The first kappa shape index (κ1) is 23.1. The van der Waals surface area contributed by atoms with Gasteiger partial charge in [-0.05, 0) is 51.3 Å². The first-order chi connectivity index (χ1) is 14.9. The van der Waals surface area contributed by atoms with E-state index < -0.39 is 0 Å². The zero-order valence-electron chi connectivity index (χ0n) is 18.3. The Bertz CT molecular complexity index is 982. The average Bonchev–Trinajstić information content (AvgIpc) is 3.35. The highest BCUT2D eigenvalue weighted by Crippen LogP contribution is 2.20. The van der Waals surface area contributed by atoms with Gasteiger partial charge in [-0.2, -0.15) is 5.10 Å². The fourth-order valence-electron chi connectivity index (χ4n) is 3.31. The maximum Gasteiger partial charge on any atom is 0.232 e. The quantitative estimate of drug-likeness (QED) is 0.425. The number of aryl methyl sites for hydroxylation is 3. The summed E-state index contributed by atoms with van der Waals surface area (Å²) in [5.41, 5.74) is 4.55. The van der Waals surface area contributed by atoms with E-state index in [1.807, 2.05) is 33.0 Å². The van der Waals surface area contributed by atoms with E-state index in [1.165, 1.54) is 12.1 Å². The number of thioether (sulfide) groups is 1. The molecule has 1 amide bonds. The van der Waals surface area contributed by atoms with Crippen LogP contribution in [0.2, 0.25) is 0 Å². The van der Waals surface area contributed by atoms with Gasteiger partial charge in [-0.1, -0.05) is 23.7 Å². The van der Waals surface area contributed by atoms with Crippen molar-refractivity contribution in [3.8, 4) is 11.3 Å². The molecule has 2 aromatic heterocycles. The Morgan fingerprint density at radius 2 is 2.06 bits per heavy atom. The predicted molar refractivity (Wildman–Crippen MR) is 121 cm³/mol. The van der Waals surface area contributed by atoms with Crippen LogP contribution in [0.5, 0.6) is 0 Å². The van der Waals surface area contributed by atoms with Crippen molar-refractivity contribution >= 4 is 17.7 Å². The van der Waals surface area contributed by atoms with Crippen LogP contribution in [0.1, 0.15) is 42.0 Å². The summed E-state index contributed by atoms with van der Waals surface area (Å²) in [5, 5.41) is 11.3. The summed E-state index contributed by atoms with van der Waals surface area (Å²) in [6, 6.07) is 8.42. The van der Waals surface area contributed by atoms with E-state index in [0.717, 1.165) is 71.9 Å². The Morgan fingerprint density at radius 3 is 2.81 bits per heavy atom. The standard InChI is InChI=1S/C23H29FN4O2S/c1-16-21(17(2)30-27-16)14-31-15-23(29)28(3)11-6-4-5-10-20-13-22(26-25-20)18-8-7-9-19(24)12-18/h7-9,12-13H,4-6,10-11,14-15H2,1-3H3,(H,25,26). The van der Waals surface area contributed by atoms with Gasteiger partial charge in [-0.25, -0.2) is 4.39 Å². The zero-order valence-corrected chi connectivity index (χ0v) is 19.1. The van der Waals surface area contributed by atoms with Crippen LogP contribution in [0, 0.1) is 19.7 Å². The number of carbonyl (C=O) groups is 1. The Labute approximate surface area is 186 Å². The van der Waals surface area contributed by atoms with Crippen LogP contribution < -0.4 is 0 Å². The minimum Gasteiger partial charge on any atom is -0.361 e. The highest BCUT2D eigenvalue weighted by atomic mass is 32.2. The van der Waals surface area contributed by atoms with Crippen LogP contribution in [0.15, 0.2) is 34.9 Å². The van der Waals surface area contributed by atoms with Crippen LogP contribution in [0.4, 0.5) is 4.39 Å². The minimum atomic E-state index is -0.261. The second-order valence-electron chi connectivity index (χ2n) is 7.71. The van der Waals surface area contributed by atoms with E-state index >= 15 is 0 Å². The molecule has 8 heteroatoms. The van der Waals surface area contributed by atoms with Crippen molar-refractivity contribution in [2.75, 3.05) is 19.3 Å². The second-order valence-corrected chi connectivity index (χ2v) is 8.70. The van der Waals surface area contributed by atoms with Gasteiger partial charge in [0.05, 0.1) is 17.1 Å². The summed E-state index contributed by atoms with van der Waals surface area (Å²) >= 11 is 1.59. The fourth-order valence-corrected chi connectivity index (χ4v) is 4.42. The second kappa shape index (κ2) is 11.1. The SMILES string of the molecule is Cc1noc(C)c1CSCC(=O)N(C)CCCCCc1cc(-c2cccc(F)c2)n[nH]1. The van der Waals surface area contributed by atoms with Gasteiger partial charge in [0.15, 0.2) is 0 Å². The number of benzene rings is 1. The number of amides is 1. The number of aromatic nitrogens is 3. The first-order valence-corrected chi connectivity index (χ1v) is 11.6. The third kappa shape index (κ3) is 6.69. The molecule has 0 saturated carbocycles. The molecule has 3 rings (SSSR count). The number of hydrogen-bond acceptors (Lipinski definition) is 5. The lowest BCUT2D eigenvalue weighted by Gasteiger charge is -2.16. The lowest BCUT2D eigenvalue weighted by molar-refractivity contribution is -0.127. The average molecular weight is 445 g/mol. The van der Waals surface area contributed by atoms with Crippen molar-refractivity contribution in [3.63, 3.8) is 0 Å². The maximum atomic E-state index is 13.4. The lowest BCUT2D eigenvalue weighted by Crippen LogP contribution is -2.29. The first-order valence-electron chi connectivity index (χ1n) is 10.5. The molecule has 0 radical (unpaired) electrons. The van der Waals surface area contributed by atoms with Gasteiger partial charge in [0.25, 0.3) is 0 Å². The summed E-state index contributed by atoms with van der Waals surface area (Å²) in [6.45, 7) is 4.57. The molecule has 3 aromatic rings. The molecule has 0 aliphatic carbocycles. The van der Waals surface area contributed by atoms with E-state index in [1.54, 1.807) is 22.7 Å².